The number of aliphatic hydroxyl groups is 8. The number of carbonyl (C=O) groups excluding carboxylic acids is 1. The Kier molecular flexibility index (Phi) is 53.2. The van der Waals surface area contributed by atoms with Crippen molar-refractivity contribution < 1.29 is 64.6 Å². The summed E-state index contributed by atoms with van der Waals surface area (Å²) in [5.41, 5.74) is 0. The lowest BCUT2D eigenvalue weighted by atomic mass is 9.97. The molecule has 2 saturated heterocycles. The van der Waals surface area contributed by atoms with E-state index >= 15 is 0 Å². The van der Waals surface area contributed by atoms with E-state index in [1.807, 2.05) is 6.08 Å². The first-order valence-electron chi connectivity index (χ1n) is 35.5. The molecule has 14 heteroatoms. The van der Waals surface area contributed by atoms with Crippen LogP contribution in [0.3, 0.4) is 0 Å². The van der Waals surface area contributed by atoms with Gasteiger partial charge in [0, 0.05) is 6.42 Å². The highest BCUT2D eigenvalue weighted by molar-refractivity contribution is 5.76. The van der Waals surface area contributed by atoms with Crippen LogP contribution in [-0.4, -0.2) is 140 Å². The van der Waals surface area contributed by atoms with Crippen LogP contribution in [0.1, 0.15) is 271 Å². The predicted molar refractivity (Wildman–Crippen MR) is 359 cm³/mol. The SMILES string of the molecule is CC/C=C\C/C=C\C/C=C\C/C=C\C/C=C\C/C=C\CCCCCCCCCCC(=O)NC(COC1OC(CO)C(OC2OC(CO)C(O)C(O)C2O)C(O)C1O)C(O)/C=C/CC/C=C/CCCCCCCCCCCCCCCCCCCCCCC. The smallest absolute Gasteiger partial charge is 0.220 e. The quantitative estimate of drug-likeness (QED) is 0.0204. The van der Waals surface area contributed by atoms with Gasteiger partial charge in [-0.05, 0) is 83.5 Å². The molecule has 9 N–H and O–H groups in total. The molecule has 2 aliphatic rings. The zero-order chi connectivity index (χ0) is 63.8. The minimum absolute atomic E-state index is 0.258. The van der Waals surface area contributed by atoms with Crippen molar-refractivity contribution in [2.75, 3.05) is 19.8 Å². The molecular formula is C74H129NO13. The Labute approximate surface area is 534 Å². The normalized spacial score (nSPS) is 23.8. The van der Waals surface area contributed by atoms with Crippen LogP contribution in [0.4, 0.5) is 0 Å². The standard InChI is InChI=1S/C74H129NO13/c1-3-5-7-9-11-13-15-17-19-21-23-25-27-29-31-33-35-37-39-41-43-45-47-49-51-53-55-57-63(78)62(61-85-73-71(84)69(82)72(65(60-77)87-73)88-74-70(83)68(81)67(80)64(59-76)86-74)75-66(79)58-56-54-52-50-48-46-44-42-40-38-36-34-32-30-28-26-24-22-20-18-16-14-12-10-8-6-4-2/h6,8,12,14,18,20,24,26,30,32,36,38,47,49,55,57,62-65,67-74,76-78,80-84H,3-5,7,9-11,13,15-17,19,21-23,25,27-29,31,33-35,37,39-46,48,50-54,56,58-61H2,1-2H3,(H,75,79)/b8-6-,14-12-,20-18-,26-24-,32-30-,38-36-,49-47+,57-55+. The van der Waals surface area contributed by atoms with Crippen LogP contribution < -0.4 is 5.32 Å². The summed E-state index contributed by atoms with van der Waals surface area (Å²) in [6.07, 6.45) is 64.6. The van der Waals surface area contributed by atoms with Crippen molar-refractivity contribution in [1.82, 2.24) is 5.32 Å². The Morgan fingerprint density at radius 3 is 1.25 bits per heavy atom. The van der Waals surface area contributed by atoms with E-state index in [0.29, 0.717) is 12.8 Å². The number of hydrogen-bond donors (Lipinski definition) is 9. The second kappa shape index (κ2) is 57.8. The third-order valence-corrected chi connectivity index (χ3v) is 16.8. The van der Waals surface area contributed by atoms with Gasteiger partial charge in [0.05, 0.1) is 32.0 Å². The number of allylic oxidation sites excluding steroid dienone is 15. The molecule has 508 valence electrons. The van der Waals surface area contributed by atoms with Crippen molar-refractivity contribution in [3.05, 3.63) is 97.2 Å². The highest BCUT2D eigenvalue weighted by Crippen LogP contribution is 2.30. The maximum atomic E-state index is 13.3. The third kappa shape index (κ3) is 41.4. The molecule has 0 aliphatic carbocycles. The van der Waals surface area contributed by atoms with E-state index in [0.717, 1.165) is 83.5 Å². The Morgan fingerprint density at radius 2 is 0.795 bits per heavy atom. The van der Waals surface area contributed by atoms with Gasteiger partial charge in [-0.2, -0.15) is 0 Å². The molecule has 0 aromatic rings. The van der Waals surface area contributed by atoms with Crippen molar-refractivity contribution in [3.63, 3.8) is 0 Å². The van der Waals surface area contributed by atoms with E-state index in [1.165, 1.54) is 154 Å². The van der Waals surface area contributed by atoms with Crippen molar-refractivity contribution in [3.8, 4) is 0 Å². The summed E-state index contributed by atoms with van der Waals surface area (Å²) in [7, 11) is 0. The molecule has 1 amide bonds. The molecule has 12 unspecified atom stereocenters. The number of rotatable bonds is 57. The fraction of sp³-hybridized carbons (Fsp3) is 0.770. The highest BCUT2D eigenvalue weighted by atomic mass is 16.7. The van der Waals surface area contributed by atoms with E-state index in [2.05, 4.69) is 104 Å². The monoisotopic (exact) mass is 1240 g/mol. The van der Waals surface area contributed by atoms with E-state index in [-0.39, 0.29) is 18.9 Å². The third-order valence-electron chi connectivity index (χ3n) is 16.8. The van der Waals surface area contributed by atoms with Gasteiger partial charge in [-0.1, -0.05) is 278 Å². The molecule has 2 rings (SSSR count). The Morgan fingerprint density at radius 1 is 0.420 bits per heavy atom. The van der Waals surface area contributed by atoms with Crippen molar-refractivity contribution in [2.24, 2.45) is 0 Å². The van der Waals surface area contributed by atoms with E-state index < -0.39 is 86.8 Å². The van der Waals surface area contributed by atoms with E-state index in [4.69, 9.17) is 18.9 Å². The molecule has 2 aliphatic heterocycles. The predicted octanol–water partition coefficient (Wildman–Crippen LogP) is 14.6. The van der Waals surface area contributed by atoms with Crippen LogP contribution in [-0.2, 0) is 23.7 Å². The largest absolute Gasteiger partial charge is 0.394 e. The van der Waals surface area contributed by atoms with Gasteiger partial charge < -0.3 is 65.1 Å². The Hall–Kier alpha value is -3.09. The van der Waals surface area contributed by atoms with Crippen molar-refractivity contribution >= 4 is 5.91 Å². The lowest BCUT2D eigenvalue weighted by Crippen LogP contribution is -2.65. The van der Waals surface area contributed by atoms with Crippen LogP contribution in [0.5, 0.6) is 0 Å². The molecule has 0 aromatic heterocycles. The van der Waals surface area contributed by atoms with Crippen LogP contribution in [0.2, 0.25) is 0 Å². The average molecular weight is 1240 g/mol. The summed E-state index contributed by atoms with van der Waals surface area (Å²) < 4.78 is 22.8. The Bertz CT molecular complexity index is 1850. The summed E-state index contributed by atoms with van der Waals surface area (Å²) in [6, 6.07) is -0.945. The number of hydrogen-bond acceptors (Lipinski definition) is 13. The lowest BCUT2D eigenvalue weighted by molar-refractivity contribution is -0.359. The van der Waals surface area contributed by atoms with Gasteiger partial charge in [0.2, 0.25) is 5.91 Å². The molecule has 2 fully saturated rings. The lowest BCUT2D eigenvalue weighted by Gasteiger charge is -2.46. The van der Waals surface area contributed by atoms with Gasteiger partial charge in [0.25, 0.3) is 0 Å². The van der Waals surface area contributed by atoms with Gasteiger partial charge in [-0.3, -0.25) is 4.79 Å². The van der Waals surface area contributed by atoms with Crippen molar-refractivity contribution in [1.29, 1.82) is 0 Å². The molecule has 0 radical (unpaired) electrons. The van der Waals surface area contributed by atoms with Gasteiger partial charge >= 0.3 is 0 Å². The summed E-state index contributed by atoms with van der Waals surface area (Å²) in [6.45, 7) is 2.68. The number of amides is 1. The number of carbonyl (C=O) groups is 1. The zero-order valence-electron chi connectivity index (χ0n) is 55.2. The van der Waals surface area contributed by atoms with Gasteiger partial charge in [-0.15, -0.1) is 0 Å². The van der Waals surface area contributed by atoms with Crippen molar-refractivity contribution in [2.45, 2.75) is 344 Å². The minimum Gasteiger partial charge on any atom is -0.394 e. The fourth-order valence-electron chi connectivity index (χ4n) is 11.1. The number of ether oxygens (including phenoxy) is 4. The van der Waals surface area contributed by atoms with E-state index in [1.54, 1.807) is 6.08 Å². The molecule has 2 heterocycles. The first-order chi connectivity index (χ1) is 43.1. The van der Waals surface area contributed by atoms with Gasteiger partial charge in [-0.25, -0.2) is 0 Å². The summed E-state index contributed by atoms with van der Waals surface area (Å²) in [5, 5.41) is 87.4. The molecule has 0 bridgehead atoms. The van der Waals surface area contributed by atoms with Crippen LogP contribution >= 0.6 is 0 Å². The molecular weight excluding hydrogens is 1110 g/mol. The molecule has 0 spiro atoms. The topological polar surface area (TPSA) is 228 Å². The second-order valence-electron chi connectivity index (χ2n) is 24.6. The Balaban J connectivity index is 1.71. The van der Waals surface area contributed by atoms with Crippen LogP contribution in [0.25, 0.3) is 0 Å². The first-order valence-corrected chi connectivity index (χ1v) is 35.5. The maximum absolute atomic E-state index is 13.3. The van der Waals surface area contributed by atoms with Crippen LogP contribution in [0.15, 0.2) is 97.2 Å². The fourth-order valence-corrected chi connectivity index (χ4v) is 11.1. The molecule has 14 nitrogen and oxygen atoms in total. The number of nitrogens with one attached hydrogen (secondary N) is 1. The second-order valence-corrected chi connectivity index (χ2v) is 24.6. The number of aliphatic hydroxyl groups excluding tert-OH is 8. The number of unbranched alkanes of at least 4 members (excludes halogenated alkanes) is 30. The maximum Gasteiger partial charge on any atom is 0.220 e. The van der Waals surface area contributed by atoms with Crippen LogP contribution in [0, 0.1) is 0 Å². The molecule has 12 atom stereocenters. The highest BCUT2D eigenvalue weighted by Gasteiger charge is 2.51. The molecule has 88 heavy (non-hydrogen) atoms. The summed E-state index contributed by atoms with van der Waals surface area (Å²) in [4.78, 5) is 13.3. The zero-order valence-corrected chi connectivity index (χ0v) is 55.2. The summed E-state index contributed by atoms with van der Waals surface area (Å²) in [5.74, 6) is -0.259. The molecule has 0 saturated carbocycles. The first kappa shape index (κ1) is 81.0. The van der Waals surface area contributed by atoms with E-state index in [9.17, 15) is 45.6 Å². The van der Waals surface area contributed by atoms with Gasteiger partial charge in [0.15, 0.2) is 12.6 Å². The minimum atomic E-state index is -1.80. The summed E-state index contributed by atoms with van der Waals surface area (Å²) >= 11 is 0. The average Bonchev–Trinajstić information content (AvgIpc) is 1.93. The van der Waals surface area contributed by atoms with Gasteiger partial charge in [0.1, 0.15) is 48.8 Å². The molecule has 0 aromatic carbocycles.